The number of aryl methyl sites for hydroxylation is 1. The first-order valence-electron chi connectivity index (χ1n) is 10.7. The fraction of sp³-hybridized carbons (Fsp3) is 0.154. The molecule has 10 heteroatoms. The van der Waals surface area contributed by atoms with Gasteiger partial charge in [-0.05, 0) is 55.5 Å². The molecule has 1 aliphatic heterocycles. The number of imide groups is 1. The number of halogens is 1. The Balaban J connectivity index is 1.41. The van der Waals surface area contributed by atoms with E-state index >= 15 is 0 Å². The maximum atomic E-state index is 13.0. The van der Waals surface area contributed by atoms with Gasteiger partial charge in [-0.25, -0.2) is 14.7 Å². The van der Waals surface area contributed by atoms with Crippen LogP contribution in [0.15, 0.2) is 65.7 Å². The van der Waals surface area contributed by atoms with Gasteiger partial charge in [0.05, 0.1) is 27.1 Å². The van der Waals surface area contributed by atoms with Crippen LogP contribution in [0.25, 0.3) is 0 Å². The minimum absolute atomic E-state index is 0.0437. The molecule has 36 heavy (non-hydrogen) atoms. The topological polar surface area (TPSA) is 117 Å². The van der Waals surface area contributed by atoms with Gasteiger partial charge in [0.25, 0.3) is 0 Å². The number of nitrogens with zero attached hydrogens (tertiary/aromatic N) is 3. The Morgan fingerprint density at radius 3 is 2.56 bits per heavy atom. The number of hydrogen-bond acceptors (Lipinski definition) is 8. The molecule has 4 rings (SSSR count). The van der Waals surface area contributed by atoms with Gasteiger partial charge in [-0.3, -0.25) is 14.4 Å². The number of carbonyl (C=O) groups excluding carboxylic acids is 4. The number of ketones is 1. The second kappa shape index (κ2) is 10.7. The molecule has 0 spiro atoms. The van der Waals surface area contributed by atoms with Crippen molar-refractivity contribution in [1.29, 1.82) is 5.26 Å². The number of nitriles is 1. The molecule has 8 nitrogen and oxygen atoms in total. The summed E-state index contributed by atoms with van der Waals surface area (Å²) in [5, 5.41) is 9.25. The molecule has 0 N–H and O–H groups in total. The summed E-state index contributed by atoms with van der Waals surface area (Å²) in [6.07, 6.45) is -0.0437. The van der Waals surface area contributed by atoms with Gasteiger partial charge in [-0.15, -0.1) is 0 Å². The van der Waals surface area contributed by atoms with E-state index in [0.29, 0.717) is 22.0 Å². The van der Waals surface area contributed by atoms with Crippen molar-refractivity contribution in [2.45, 2.75) is 23.6 Å². The summed E-state index contributed by atoms with van der Waals surface area (Å²) in [5.41, 5.74) is 1.73. The third-order valence-corrected chi connectivity index (χ3v) is 6.87. The van der Waals surface area contributed by atoms with E-state index < -0.39 is 35.4 Å². The Labute approximate surface area is 215 Å². The molecule has 1 saturated heterocycles. The molecule has 1 unspecified atom stereocenters. The van der Waals surface area contributed by atoms with E-state index in [9.17, 15) is 24.4 Å². The Morgan fingerprint density at radius 1 is 1.14 bits per heavy atom. The van der Waals surface area contributed by atoms with E-state index in [-0.39, 0.29) is 22.6 Å². The molecular formula is C26H18ClN3O5S. The molecule has 2 heterocycles. The maximum Gasteiger partial charge on any atom is 0.338 e. The van der Waals surface area contributed by atoms with Crippen LogP contribution in [0, 0.1) is 18.3 Å². The Morgan fingerprint density at radius 2 is 1.86 bits per heavy atom. The fourth-order valence-electron chi connectivity index (χ4n) is 3.54. The number of anilines is 1. The molecule has 180 valence electrons. The van der Waals surface area contributed by atoms with Crippen molar-refractivity contribution < 1.29 is 23.9 Å². The van der Waals surface area contributed by atoms with Gasteiger partial charge in [-0.1, -0.05) is 35.5 Å². The fourth-order valence-corrected chi connectivity index (χ4v) is 4.92. The lowest BCUT2D eigenvalue weighted by atomic mass is 10.1. The predicted molar refractivity (Wildman–Crippen MR) is 133 cm³/mol. The molecular weight excluding hydrogens is 502 g/mol. The minimum atomic E-state index is -0.732. The van der Waals surface area contributed by atoms with Crippen molar-refractivity contribution in [3.05, 3.63) is 88.1 Å². The number of aromatic nitrogens is 1. The lowest BCUT2D eigenvalue weighted by Crippen LogP contribution is -2.31. The quantitative estimate of drug-likeness (QED) is 0.256. The van der Waals surface area contributed by atoms with E-state index in [1.807, 2.05) is 6.07 Å². The second-order valence-electron chi connectivity index (χ2n) is 7.82. The third kappa shape index (κ3) is 5.30. The molecule has 1 aliphatic rings. The van der Waals surface area contributed by atoms with Crippen LogP contribution in [0.4, 0.5) is 5.69 Å². The van der Waals surface area contributed by atoms with Crippen molar-refractivity contribution in [3.63, 3.8) is 0 Å². The number of ether oxygens (including phenoxy) is 1. The minimum Gasteiger partial charge on any atom is -0.454 e. The van der Waals surface area contributed by atoms with Crippen LogP contribution in [0.3, 0.4) is 0 Å². The first kappa shape index (κ1) is 25.1. The molecule has 0 aliphatic carbocycles. The number of Topliss-reactive ketones (excluding diaryl/α,β-unsaturated/α-hetero) is 1. The number of pyridine rings is 1. The van der Waals surface area contributed by atoms with Crippen LogP contribution in [0.5, 0.6) is 0 Å². The second-order valence-corrected chi connectivity index (χ2v) is 9.42. The molecule has 2 aromatic carbocycles. The molecule has 1 atom stereocenters. The molecule has 0 bridgehead atoms. The summed E-state index contributed by atoms with van der Waals surface area (Å²) in [6.45, 7) is 1.29. The number of benzene rings is 2. The van der Waals surface area contributed by atoms with E-state index in [1.54, 1.807) is 43.3 Å². The Kier molecular flexibility index (Phi) is 7.48. The summed E-state index contributed by atoms with van der Waals surface area (Å²) in [7, 11) is 0. The Hall–Kier alpha value is -4.00. The lowest BCUT2D eigenvalue weighted by molar-refractivity contribution is -0.121. The first-order chi connectivity index (χ1) is 17.3. The molecule has 1 fully saturated rings. The molecule has 2 amide bonds. The van der Waals surface area contributed by atoms with E-state index in [1.165, 1.54) is 24.3 Å². The van der Waals surface area contributed by atoms with Gasteiger partial charge in [0, 0.05) is 17.7 Å². The predicted octanol–water partition coefficient (Wildman–Crippen LogP) is 4.38. The highest BCUT2D eigenvalue weighted by Crippen LogP contribution is 2.34. The zero-order valence-electron chi connectivity index (χ0n) is 18.9. The summed E-state index contributed by atoms with van der Waals surface area (Å²) < 4.78 is 5.09. The van der Waals surface area contributed by atoms with Crippen molar-refractivity contribution >= 4 is 52.6 Å². The summed E-state index contributed by atoms with van der Waals surface area (Å²) in [4.78, 5) is 55.6. The molecule has 1 aromatic heterocycles. The van der Waals surface area contributed by atoms with Gasteiger partial charge in [-0.2, -0.15) is 5.26 Å². The summed E-state index contributed by atoms with van der Waals surface area (Å²) >= 11 is 7.07. The van der Waals surface area contributed by atoms with Crippen LogP contribution in [0.1, 0.15) is 38.4 Å². The highest BCUT2D eigenvalue weighted by atomic mass is 35.5. The third-order valence-electron chi connectivity index (χ3n) is 5.35. The zero-order valence-corrected chi connectivity index (χ0v) is 20.5. The average Bonchev–Trinajstić information content (AvgIpc) is 3.15. The molecule has 0 saturated carbocycles. The van der Waals surface area contributed by atoms with Gasteiger partial charge >= 0.3 is 5.97 Å². The SMILES string of the molecule is Cc1ccc(C#N)c(SC2CC(=O)N(c3ccc(C(=O)OCC(=O)c4ccccc4Cl)cc3)C2=O)n1. The zero-order chi connectivity index (χ0) is 25.8. The first-order valence-corrected chi connectivity index (χ1v) is 12.0. The van der Waals surface area contributed by atoms with E-state index in [0.717, 1.165) is 16.7 Å². The van der Waals surface area contributed by atoms with E-state index in [4.69, 9.17) is 16.3 Å². The number of esters is 1. The number of carbonyl (C=O) groups is 4. The largest absolute Gasteiger partial charge is 0.454 e. The van der Waals surface area contributed by atoms with Crippen molar-refractivity contribution in [3.8, 4) is 6.07 Å². The maximum absolute atomic E-state index is 13.0. The number of hydrogen-bond donors (Lipinski definition) is 0. The highest BCUT2D eigenvalue weighted by molar-refractivity contribution is 8.00. The molecule has 3 aromatic rings. The van der Waals surface area contributed by atoms with E-state index in [2.05, 4.69) is 4.98 Å². The normalized spacial score (nSPS) is 15.0. The average molecular weight is 520 g/mol. The van der Waals surface area contributed by atoms with Gasteiger partial charge in [0.15, 0.2) is 6.61 Å². The van der Waals surface area contributed by atoms with Crippen LogP contribution in [0.2, 0.25) is 5.02 Å². The van der Waals surface area contributed by atoms with Crippen molar-refractivity contribution in [2.24, 2.45) is 0 Å². The Bertz CT molecular complexity index is 1420. The highest BCUT2D eigenvalue weighted by Gasteiger charge is 2.40. The van der Waals surface area contributed by atoms with Crippen molar-refractivity contribution in [1.82, 2.24) is 4.98 Å². The van der Waals surface area contributed by atoms with Crippen LogP contribution >= 0.6 is 23.4 Å². The van der Waals surface area contributed by atoms with Gasteiger partial charge in [0.1, 0.15) is 11.1 Å². The van der Waals surface area contributed by atoms with Crippen LogP contribution < -0.4 is 4.90 Å². The number of amides is 2. The van der Waals surface area contributed by atoms with Crippen LogP contribution in [-0.4, -0.2) is 40.4 Å². The number of thioether (sulfide) groups is 1. The smallest absolute Gasteiger partial charge is 0.338 e. The lowest BCUT2D eigenvalue weighted by Gasteiger charge is -2.15. The number of rotatable bonds is 7. The van der Waals surface area contributed by atoms with Gasteiger partial charge < -0.3 is 4.74 Å². The molecule has 0 radical (unpaired) electrons. The van der Waals surface area contributed by atoms with Crippen molar-refractivity contribution in [2.75, 3.05) is 11.5 Å². The summed E-state index contributed by atoms with van der Waals surface area (Å²) in [5.74, 6) is -2.00. The van der Waals surface area contributed by atoms with Crippen LogP contribution in [-0.2, 0) is 14.3 Å². The van der Waals surface area contributed by atoms with Gasteiger partial charge in [0.2, 0.25) is 17.6 Å². The standard InChI is InChI=1S/C26H18ClN3O5S/c1-15-6-7-17(13-28)24(29-15)36-22-12-23(32)30(25(22)33)18-10-8-16(9-11-18)26(34)35-14-21(31)19-4-2-3-5-20(19)27/h2-11,22H,12,14H2,1H3. The summed E-state index contributed by atoms with van der Waals surface area (Å²) in [6, 6.07) is 17.6. The monoisotopic (exact) mass is 519 g/mol.